The highest BCUT2D eigenvalue weighted by molar-refractivity contribution is 9.10. The van der Waals surface area contributed by atoms with Gasteiger partial charge in [0.05, 0.1) is 15.7 Å². The van der Waals surface area contributed by atoms with Crippen LogP contribution in [-0.2, 0) is 0 Å². The van der Waals surface area contributed by atoms with Crippen LogP contribution in [0.4, 0.5) is 5.69 Å². The fourth-order valence-corrected chi connectivity index (χ4v) is 3.73. The minimum Gasteiger partial charge on any atom is -0.319 e. The quantitative estimate of drug-likeness (QED) is 0.322. The summed E-state index contributed by atoms with van der Waals surface area (Å²) >= 11 is 15.7. The van der Waals surface area contributed by atoms with Crippen LogP contribution in [0.5, 0.6) is 0 Å². The maximum Gasteiger partial charge on any atom is 0.295 e. The van der Waals surface area contributed by atoms with E-state index in [2.05, 4.69) is 31.3 Å². The third-order valence-corrected chi connectivity index (χ3v) is 6.05. The molecule has 31 heavy (non-hydrogen) atoms. The monoisotopic (exact) mass is 514 g/mol. The van der Waals surface area contributed by atoms with E-state index in [1.807, 2.05) is 56.3 Å². The van der Waals surface area contributed by atoms with Crippen molar-refractivity contribution in [2.24, 2.45) is 0 Å². The fourth-order valence-electron chi connectivity index (χ4n) is 3.17. The van der Waals surface area contributed by atoms with Crippen LogP contribution in [-0.4, -0.2) is 20.7 Å². The lowest BCUT2D eigenvalue weighted by Crippen LogP contribution is -2.16. The normalized spacial score (nSPS) is 10.9. The Balaban J connectivity index is 1.80. The molecule has 0 radical (unpaired) electrons. The SMILES string of the molecule is Cc1cccc(C)c1NC(=O)c1nc(-c2ccc(Br)cc2)n(-c2ccc(Cl)c(Cl)c2)n1. The molecular formula is C23H17BrCl2N4O. The highest BCUT2D eigenvalue weighted by atomic mass is 79.9. The third kappa shape index (κ3) is 4.51. The van der Waals surface area contributed by atoms with Crippen molar-refractivity contribution in [2.75, 3.05) is 5.32 Å². The molecule has 4 rings (SSSR count). The molecule has 1 N–H and O–H groups in total. The molecule has 1 aromatic heterocycles. The van der Waals surface area contributed by atoms with E-state index in [0.717, 1.165) is 26.9 Å². The van der Waals surface area contributed by atoms with Gasteiger partial charge in [-0.25, -0.2) is 9.67 Å². The second-order valence-corrected chi connectivity index (χ2v) is 8.73. The van der Waals surface area contributed by atoms with Gasteiger partial charge < -0.3 is 5.32 Å². The van der Waals surface area contributed by atoms with Crippen LogP contribution in [0.25, 0.3) is 17.1 Å². The van der Waals surface area contributed by atoms with Gasteiger partial charge in [-0.15, -0.1) is 5.10 Å². The van der Waals surface area contributed by atoms with Gasteiger partial charge in [-0.05, 0) is 55.3 Å². The van der Waals surface area contributed by atoms with Crippen LogP contribution < -0.4 is 5.32 Å². The van der Waals surface area contributed by atoms with E-state index in [1.165, 1.54) is 0 Å². The minimum atomic E-state index is -0.394. The standard InChI is InChI=1S/C23H17BrCl2N4O/c1-13-4-3-5-14(2)20(13)27-23(31)21-28-22(15-6-8-16(24)9-7-15)30(29-21)17-10-11-18(25)19(26)12-17/h3-12H,1-2H3,(H,27,31). The van der Waals surface area contributed by atoms with Crippen LogP contribution in [0.2, 0.25) is 10.0 Å². The number of anilines is 1. The molecule has 5 nitrogen and oxygen atoms in total. The molecule has 4 aromatic rings. The number of carbonyl (C=O) groups excluding carboxylic acids is 1. The summed E-state index contributed by atoms with van der Waals surface area (Å²) in [6.07, 6.45) is 0. The largest absolute Gasteiger partial charge is 0.319 e. The van der Waals surface area contributed by atoms with Gasteiger partial charge in [0, 0.05) is 15.7 Å². The van der Waals surface area contributed by atoms with Gasteiger partial charge >= 0.3 is 0 Å². The molecule has 8 heteroatoms. The molecule has 0 spiro atoms. The molecule has 0 saturated heterocycles. The molecule has 0 aliphatic rings. The average Bonchev–Trinajstić information content (AvgIpc) is 3.19. The Kier molecular flexibility index (Phi) is 6.14. The van der Waals surface area contributed by atoms with Crippen LogP contribution in [0.1, 0.15) is 21.7 Å². The number of rotatable bonds is 4. The number of hydrogen-bond donors (Lipinski definition) is 1. The number of halogens is 3. The lowest BCUT2D eigenvalue weighted by atomic mass is 10.1. The number of para-hydroxylation sites is 1. The first-order valence-corrected chi connectivity index (χ1v) is 10.9. The number of amides is 1. The zero-order valence-corrected chi connectivity index (χ0v) is 19.8. The first kappa shape index (κ1) is 21.6. The predicted octanol–water partition coefficient (Wildman–Crippen LogP) is 6.87. The van der Waals surface area contributed by atoms with Gasteiger partial charge in [0.15, 0.2) is 5.82 Å². The molecule has 0 saturated carbocycles. The molecule has 0 atom stereocenters. The highest BCUT2D eigenvalue weighted by Gasteiger charge is 2.20. The van der Waals surface area contributed by atoms with Gasteiger partial charge in [0.2, 0.25) is 5.82 Å². The fraction of sp³-hybridized carbons (Fsp3) is 0.0870. The lowest BCUT2D eigenvalue weighted by Gasteiger charge is -2.09. The molecule has 0 aliphatic carbocycles. The van der Waals surface area contributed by atoms with Gasteiger partial charge in [-0.2, -0.15) is 0 Å². The summed E-state index contributed by atoms with van der Waals surface area (Å²) in [6, 6.07) is 18.6. The first-order chi connectivity index (χ1) is 14.8. The van der Waals surface area contributed by atoms with Gasteiger partial charge in [-0.1, -0.05) is 69.5 Å². The summed E-state index contributed by atoms with van der Waals surface area (Å²) in [5.74, 6) is 0.166. The number of hydrogen-bond acceptors (Lipinski definition) is 3. The molecule has 0 fully saturated rings. The van der Waals surface area contributed by atoms with E-state index in [9.17, 15) is 4.79 Å². The van der Waals surface area contributed by atoms with E-state index < -0.39 is 5.91 Å². The van der Waals surface area contributed by atoms with E-state index in [1.54, 1.807) is 22.9 Å². The Bertz CT molecular complexity index is 1270. The molecule has 0 bridgehead atoms. The number of aromatic nitrogens is 3. The summed E-state index contributed by atoms with van der Waals surface area (Å²) in [4.78, 5) is 17.6. The summed E-state index contributed by atoms with van der Waals surface area (Å²) in [5, 5.41) is 8.24. The topological polar surface area (TPSA) is 59.8 Å². The van der Waals surface area contributed by atoms with Crippen molar-refractivity contribution >= 4 is 50.7 Å². The van der Waals surface area contributed by atoms with Gasteiger partial charge in [0.25, 0.3) is 5.91 Å². The van der Waals surface area contributed by atoms with Crippen molar-refractivity contribution in [2.45, 2.75) is 13.8 Å². The Morgan fingerprint density at radius 3 is 2.29 bits per heavy atom. The third-order valence-electron chi connectivity index (χ3n) is 4.78. The minimum absolute atomic E-state index is 0.0478. The maximum atomic E-state index is 13.0. The average molecular weight is 516 g/mol. The zero-order valence-electron chi connectivity index (χ0n) is 16.7. The van der Waals surface area contributed by atoms with E-state index in [-0.39, 0.29) is 5.82 Å². The van der Waals surface area contributed by atoms with E-state index in [0.29, 0.717) is 21.6 Å². The Hall–Kier alpha value is -2.67. The van der Waals surface area contributed by atoms with Crippen molar-refractivity contribution in [1.82, 2.24) is 14.8 Å². The molecule has 0 aliphatic heterocycles. The Morgan fingerprint density at radius 2 is 1.65 bits per heavy atom. The number of nitrogens with zero attached hydrogens (tertiary/aromatic N) is 3. The number of nitrogens with one attached hydrogen (secondary N) is 1. The van der Waals surface area contributed by atoms with Gasteiger partial charge in [0.1, 0.15) is 0 Å². The summed E-state index contributed by atoms with van der Waals surface area (Å²) in [7, 11) is 0. The number of aryl methyl sites for hydroxylation is 2. The Morgan fingerprint density at radius 1 is 0.968 bits per heavy atom. The molecule has 156 valence electrons. The second-order valence-electron chi connectivity index (χ2n) is 7.00. The maximum absolute atomic E-state index is 13.0. The van der Waals surface area contributed by atoms with Crippen molar-refractivity contribution in [3.8, 4) is 17.1 Å². The second kappa shape index (κ2) is 8.83. The van der Waals surface area contributed by atoms with E-state index in [4.69, 9.17) is 23.2 Å². The number of carbonyl (C=O) groups is 1. The molecule has 1 heterocycles. The van der Waals surface area contributed by atoms with Crippen molar-refractivity contribution in [1.29, 1.82) is 0 Å². The van der Waals surface area contributed by atoms with Gasteiger partial charge in [-0.3, -0.25) is 4.79 Å². The van der Waals surface area contributed by atoms with Crippen molar-refractivity contribution in [3.05, 3.63) is 92.1 Å². The summed E-state index contributed by atoms with van der Waals surface area (Å²) in [6.45, 7) is 3.88. The van der Waals surface area contributed by atoms with Crippen molar-refractivity contribution in [3.63, 3.8) is 0 Å². The molecule has 0 unspecified atom stereocenters. The van der Waals surface area contributed by atoms with E-state index >= 15 is 0 Å². The number of benzene rings is 3. The smallest absolute Gasteiger partial charge is 0.295 e. The molecular weight excluding hydrogens is 499 g/mol. The van der Waals surface area contributed by atoms with Crippen molar-refractivity contribution < 1.29 is 4.79 Å². The molecule has 1 amide bonds. The van der Waals surface area contributed by atoms with Crippen LogP contribution in [0, 0.1) is 13.8 Å². The van der Waals surface area contributed by atoms with Crippen LogP contribution in [0.15, 0.2) is 65.1 Å². The lowest BCUT2D eigenvalue weighted by molar-refractivity contribution is 0.101. The molecule has 3 aromatic carbocycles. The van der Waals surface area contributed by atoms with Crippen LogP contribution in [0.3, 0.4) is 0 Å². The van der Waals surface area contributed by atoms with Crippen LogP contribution >= 0.6 is 39.1 Å². The predicted molar refractivity (Wildman–Crippen MR) is 128 cm³/mol. The highest BCUT2D eigenvalue weighted by Crippen LogP contribution is 2.28. The zero-order chi connectivity index (χ0) is 22.1. The Labute approximate surface area is 198 Å². The first-order valence-electron chi connectivity index (χ1n) is 9.39. The summed E-state index contributed by atoms with van der Waals surface area (Å²) in [5.41, 5.74) is 4.12. The summed E-state index contributed by atoms with van der Waals surface area (Å²) < 4.78 is 2.52.